The minimum atomic E-state index is -0.637. The third-order valence-electron chi connectivity index (χ3n) is 2.15. The molecular weight excluding hydrogens is 245 g/mol. The Morgan fingerprint density at radius 3 is 2.58 bits per heavy atom. The molecule has 0 aliphatic rings. The standard InChI is InChI=1S/C14H16FN3O/c1-4-13(19)17-11-7-6-8-12(9-11)18-14(10(3)15)16-5-2/h4,6-9H,1,3,5H2,2H3,(H,16,18)(H,17,19). The van der Waals surface area contributed by atoms with Crippen LogP contribution < -0.4 is 10.6 Å². The van der Waals surface area contributed by atoms with Crippen molar-refractivity contribution in [1.82, 2.24) is 0 Å². The van der Waals surface area contributed by atoms with Gasteiger partial charge < -0.3 is 10.6 Å². The molecule has 0 aliphatic heterocycles. The molecule has 0 unspecified atom stereocenters. The summed E-state index contributed by atoms with van der Waals surface area (Å²) in [4.78, 5) is 15.1. The van der Waals surface area contributed by atoms with Gasteiger partial charge in [0.05, 0.1) is 0 Å². The van der Waals surface area contributed by atoms with Gasteiger partial charge in [-0.15, -0.1) is 0 Å². The van der Waals surface area contributed by atoms with Gasteiger partial charge in [-0.25, -0.2) is 4.39 Å². The zero-order valence-electron chi connectivity index (χ0n) is 10.7. The molecule has 0 aromatic heterocycles. The van der Waals surface area contributed by atoms with Crippen LogP contribution in [0.4, 0.5) is 15.8 Å². The van der Waals surface area contributed by atoms with E-state index >= 15 is 0 Å². The topological polar surface area (TPSA) is 53.5 Å². The molecule has 2 N–H and O–H groups in total. The zero-order valence-corrected chi connectivity index (χ0v) is 10.7. The average molecular weight is 261 g/mol. The predicted molar refractivity (Wildman–Crippen MR) is 77.1 cm³/mol. The number of hydrogen-bond acceptors (Lipinski definition) is 2. The number of hydrogen-bond donors (Lipinski definition) is 2. The number of amidine groups is 1. The van der Waals surface area contributed by atoms with Crippen LogP contribution >= 0.6 is 0 Å². The summed E-state index contributed by atoms with van der Waals surface area (Å²) in [7, 11) is 0. The van der Waals surface area contributed by atoms with E-state index in [4.69, 9.17) is 0 Å². The fourth-order valence-corrected chi connectivity index (χ4v) is 1.36. The van der Waals surface area contributed by atoms with Gasteiger partial charge in [-0.2, -0.15) is 0 Å². The van der Waals surface area contributed by atoms with E-state index in [2.05, 4.69) is 28.8 Å². The summed E-state index contributed by atoms with van der Waals surface area (Å²) in [5, 5.41) is 5.42. The first-order chi connectivity index (χ1) is 9.06. The highest BCUT2D eigenvalue weighted by Gasteiger charge is 2.05. The average Bonchev–Trinajstić information content (AvgIpc) is 2.38. The van der Waals surface area contributed by atoms with Gasteiger partial charge >= 0.3 is 0 Å². The molecule has 0 fully saturated rings. The number of nitrogens with zero attached hydrogens (tertiary/aromatic N) is 1. The van der Waals surface area contributed by atoms with Crippen LogP contribution in [0.3, 0.4) is 0 Å². The largest absolute Gasteiger partial charge is 0.338 e. The number of anilines is 2. The van der Waals surface area contributed by atoms with Gasteiger partial charge in [0.15, 0.2) is 11.7 Å². The Hall–Kier alpha value is -2.43. The summed E-state index contributed by atoms with van der Waals surface area (Å²) in [6.45, 7) is 8.82. The first-order valence-electron chi connectivity index (χ1n) is 5.76. The van der Waals surface area contributed by atoms with E-state index in [0.717, 1.165) is 0 Å². The summed E-state index contributed by atoms with van der Waals surface area (Å²) in [6.07, 6.45) is 1.17. The lowest BCUT2D eigenvalue weighted by molar-refractivity contribution is -0.111. The monoisotopic (exact) mass is 261 g/mol. The first-order valence-corrected chi connectivity index (χ1v) is 5.76. The van der Waals surface area contributed by atoms with Crippen LogP contribution in [0.15, 0.2) is 54.3 Å². The molecule has 0 heterocycles. The molecular formula is C14H16FN3O. The van der Waals surface area contributed by atoms with E-state index in [0.29, 0.717) is 17.9 Å². The number of carbonyl (C=O) groups excluding carboxylic acids is 1. The van der Waals surface area contributed by atoms with Crippen molar-refractivity contribution < 1.29 is 9.18 Å². The summed E-state index contributed by atoms with van der Waals surface area (Å²) >= 11 is 0. The van der Waals surface area contributed by atoms with Crippen molar-refractivity contribution in [1.29, 1.82) is 0 Å². The minimum absolute atomic E-state index is 0.0784. The third-order valence-corrected chi connectivity index (χ3v) is 2.15. The van der Waals surface area contributed by atoms with Gasteiger partial charge in [0, 0.05) is 17.9 Å². The van der Waals surface area contributed by atoms with Crippen molar-refractivity contribution in [2.75, 3.05) is 17.2 Å². The Morgan fingerprint density at radius 1 is 1.42 bits per heavy atom. The summed E-state index contributed by atoms with van der Waals surface area (Å²) in [6, 6.07) is 6.84. The molecule has 0 radical (unpaired) electrons. The highest BCUT2D eigenvalue weighted by Crippen LogP contribution is 2.16. The van der Waals surface area contributed by atoms with Crippen LogP contribution in [0.25, 0.3) is 0 Å². The van der Waals surface area contributed by atoms with Gasteiger partial charge in [0.25, 0.3) is 0 Å². The number of halogens is 1. The molecule has 19 heavy (non-hydrogen) atoms. The van der Waals surface area contributed by atoms with E-state index in [1.807, 2.05) is 0 Å². The molecule has 1 aromatic carbocycles. The number of nitrogens with one attached hydrogen (secondary N) is 2. The molecule has 0 saturated heterocycles. The van der Waals surface area contributed by atoms with Crippen LogP contribution in [0.1, 0.15) is 6.92 Å². The Morgan fingerprint density at radius 2 is 2.05 bits per heavy atom. The number of amides is 1. The van der Waals surface area contributed by atoms with Crippen LogP contribution in [0, 0.1) is 0 Å². The number of aliphatic imine (C=N–C) groups is 1. The van der Waals surface area contributed by atoms with Gasteiger partial charge in [0.2, 0.25) is 5.91 Å². The Bertz CT molecular complexity index is 523. The van der Waals surface area contributed by atoms with Crippen molar-refractivity contribution in [3.63, 3.8) is 0 Å². The molecule has 0 spiro atoms. The molecule has 1 aromatic rings. The van der Waals surface area contributed by atoms with Gasteiger partial charge in [-0.1, -0.05) is 19.2 Å². The maximum atomic E-state index is 13.1. The third kappa shape index (κ3) is 4.75. The Labute approximate surface area is 111 Å². The van der Waals surface area contributed by atoms with Crippen LogP contribution in [0.5, 0.6) is 0 Å². The van der Waals surface area contributed by atoms with Gasteiger partial charge in [-0.05, 0) is 31.2 Å². The van der Waals surface area contributed by atoms with E-state index in [1.165, 1.54) is 6.08 Å². The lowest BCUT2D eigenvalue weighted by Gasteiger charge is -2.09. The molecule has 1 rings (SSSR count). The smallest absolute Gasteiger partial charge is 0.247 e. The van der Waals surface area contributed by atoms with Crippen molar-refractivity contribution >= 4 is 23.1 Å². The van der Waals surface area contributed by atoms with Crippen molar-refractivity contribution in [2.24, 2.45) is 4.99 Å². The van der Waals surface area contributed by atoms with Crippen molar-refractivity contribution in [2.45, 2.75) is 6.92 Å². The zero-order chi connectivity index (χ0) is 14.3. The van der Waals surface area contributed by atoms with Crippen molar-refractivity contribution in [3.8, 4) is 0 Å². The van der Waals surface area contributed by atoms with Crippen LogP contribution in [-0.2, 0) is 4.79 Å². The summed E-state index contributed by atoms with van der Waals surface area (Å²) in [5.41, 5.74) is 1.18. The second-order valence-corrected chi connectivity index (χ2v) is 3.63. The van der Waals surface area contributed by atoms with Crippen molar-refractivity contribution in [3.05, 3.63) is 49.3 Å². The van der Waals surface area contributed by atoms with Gasteiger partial charge in [-0.3, -0.25) is 9.79 Å². The minimum Gasteiger partial charge on any atom is -0.338 e. The first kappa shape index (κ1) is 14.6. The number of carbonyl (C=O) groups is 1. The summed E-state index contributed by atoms with van der Waals surface area (Å²) < 4.78 is 13.1. The molecule has 4 nitrogen and oxygen atoms in total. The van der Waals surface area contributed by atoms with E-state index < -0.39 is 5.83 Å². The lowest BCUT2D eigenvalue weighted by Crippen LogP contribution is -2.13. The lowest BCUT2D eigenvalue weighted by atomic mass is 10.2. The predicted octanol–water partition coefficient (Wildman–Crippen LogP) is 3.12. The molecule has 0 atom stereocenters. The SMILES string of the molecule is C=CC(=O)Nc1cccc(NC(=NCC)C(=C)F)c1. The molecule has 1 amide bonds. The van der Waals surface area contributed by atoms with E-state index in [-0.39, 0.29) is 11.7 Å². The number of benzene rings is 1. The molecule has 0 aliphatic carbocycles. The normalized spacial score (nSPS) is 10.7. The maximum Gasteiger partial charge on any atom is 0.247 e. The second-order valence-electron chi connectivity index (χ2n) is 3.63. The quantitative estimate of drug-likeness (QED) is 0.486. The summed E-state index contributed by atoms with van der Waals surface area (Å²) in [5.74, 6) is -0.869. The molecule has 0 saturated carbocycles. The highest BCUT2D eigenvalue weighted by molar-refractivity contribution is 6.06. The molecule has 100 valence electrons. The van der Waals surface area contributed by atoms with Crippen LogP contribution in [-0.4, -0.2) is 18.3 Å². The Kier molecular flexibility index (Phi) is 5.47. The number of rotatable bonds is 5. The Balaban J connectivity index is 2.87. The van der Waals surface area contributed by atoms with E-state index in [1.54, 1.807) is 31.2 Å². The van der Waals surface area contributed by atoms with Crippen LogP contribution in [0.2, 0.25) is 0 Å². The highest BCUT2D eigenvalue weighted by atomic mass is 19.1. The maximum absolute atomic E-state index is 13.1. The molecule has 5 heteroatoms. The fraction of sp³-hybridized carbons (Fsp3) is 0.143. The van der Waals surface area contributed by atoms with Gasteiger partial charge in [0.1, 0.15) is 0 Å². The second kappa shape index (κ2) is 7.10. The fourth-order valence-electron chi connectivity index (χ4n) is 1.36. The molecule has 0 bridgehead atoms. The van der Waals surface area contributed by atoms with E-state index in [9.17, 15) is 9.18 Å².